The summed E-state index contributed by atoms with van der Waals surface area (Å²) in [4.78, 5) is 4.14. The van der Waals surface area contributed by atoms with Gasteiger partial charge in [0.2, 0.25) is 0 Å². The lowest BCUT2D eigenvalue weighted by molar-refractivity contribution is 0.471. The van der Waals surface area contributed by atoms with Gasteiger partial charge < -0.3 is 0 Å². The number of nitrogens with two attached hydrogens (primary N) is 1. The Kier molecular flexibility index (Phi) is 4.63. The first-order valence-corrected chi connectivity index (χ1v) is 6.91. The number of aromatic nitrogens is 1. The molecule has 1 aliphatic rings. The van der Waals surface area contributed by atoms with Crippen LogP contribution < -0.4 is 11.3 Å². The molecule has 3 N–H and O–H groups in total. The zero-order valence-corrected chi connectivity index (χ0v) is 10.2. The van der Waals surface area contributed by atoms with Crippen molar-refractivity contribution in [3.05, 3.63) is 30.1 Å². The van der Waals surface area contributed by atoms with E-state index in [1.807, 2.05) is 18.5 Å². The van der Waals surface area contributed by atoms with Gasteiger partial charge in [-0.25, -0.2) is 0 Å². The molecule has 0 spiro atoms. The van der Waals surface area contributed by atoms with Gasteiger partial charge in [0.25, 0.3) is 0 Å². The monoisotopic (exact) mass is 237 g/mol. The zero-order valence-electron chi connectivity index (χ0n) is 9.43. The second-order valence-corrected chi connectivity index (χ2v) is 5.59. The molecule has 2 heterocycles. The molecular formula is C12H19N3S. The molecule has 1 fully saturated rings. The van der Waals surface area contributed by atoms with Crippen molar-refractivity contribution in [1.82, 2.24) is 10.4 Å². The molecule has 2 atom stereocenters. The largest absolute Gasteiger partial charge is 0.271 e. The van der Waals surface area contributed by atoms with E-state index >= 15 is 0 Å². The summed E-state index contributed by atoms with van der Waals surface area (Å²) in [7, 11) is 0. The Morgan fingerprint density at radius 3 is 3.12 bits per heavy atom. The summed E-state index contributed by atoms with van der Waals surface area (Å²) < 4.78 is 0. The number of hydrazine groups is 1. The molecule has 88 valence electrons. The maximum absolute atomic E-state index is 5.67. The fourth-order valence-electron chi connectivity index (χ4n) is 2.15. The van der Waals surface area contributed by atoms with Crippen LogP contribution in [-0.4, -0.2) is 22.0 Å². The Morgan fingerprint density at radius 2 is 2.50 bits per heavy atom. The molecule has 1 aromatic rings. The molecule has 0 bridgehead atoms. The van der Waals surface area contributed by atoms with E-state index in [-0.39, 0.29) is 0 Å². The lowest BCUT2D eigenvalue weighted by Crippen LogP contribution is -2.45. The Balaban J connectivity index is 1.94. The summed E-state index contributed by atoms with van der Waals surface area (Å²) in [6.07, 6.45) is 8.68. The molecule has 1 saturated heterocycles. The molecule has 1 aromatic heterocycles. The number of rotatable bonds is 4. The maximum Gasteiger partial charge on any atom is 0.0370 e. The van der Waals surface area contributed by atoms with E-state index in [1.165, 1.54) is 30.6 Å². The fourth-order valence-corrected chi connectivity index (χ4v) is 3.57. The molecule has 4 heteroatoms. The average molecular weight is 237 g/mol. The molecule has 0 radical (unpaired) electrons. The fraction of sp³-hybridized carbons (Fsp3) is 0.583. The third-order valence-electron chi connectivity index (χ3n) is 3.06. The standard InChI is InChI=1S/C12H19N3S/c13-15-11(12-5-1-2-7-16-12)8-10-4-3-6-14-9-10/h3-4,6,9,11-12,15H,1-2,5,7-8,13H2. The zero-order chi connectivity index (χ0) is 11.2. The molecule has 0 saturated carbocycles. The van der Waals surface area contributed by atoms with Gasteiger partial charge in [-0.15, -0.1) is 0 Å². The summed E-state index contributed by atoms with van der Waals surface area (Å²) in [6, 6.07) is 4.47. The van der Waals surface area contributed by atoms with E-state index in [1.54, 1.807) is 0 Å². The molecule has 0 amide bonds. The van der Waals surface area contributed by atoms with E-state index < -0.39 is 0 Å². The van der Waals surface area contributed by atoms with Gasteiger partial charge in [0.15, 0.2) is 0 Å². The van der Waals surface area contributed by atoms with Gasteiger partial charge in [-0.2, -0.15) is 11.8 Å². The van der Waals surface area contributed by atoms with Crippen molar-refractivity contribution in [2.75, 3.05) is 5.75 Å². The van der Waals surface area contributed by atoms with Crippen LogP contribution in [0.25, 0.3) is 0 Å². The molecular weight excluding hydrogens is 218 g/mol. The second-order valence-electron chi connectivity index (χ2n) is 4.24. The summed E-state index contributed by atoms with van der Waals surface area (Å²) in [5.41, 5.74) is 4.23. The van der Waals surface area contributed by atoms with E-state index in [0.29, 0.717) is 11.3 Å². The molecule has 0 aliphatic carbocycles. The average Bonchev–Trinajstić information content (AvgIpc) is 2.38. The first kappa shape index (κ1) is 11.9. The van der Waals surface area contributed by atoms with Gasteiger partial charge in [-0.1, -0.05) is 12.5 Å². The van der Waals surface area contributed by atoms with Crippen LogP contribution in [0.3, 0.4) is 0 Å². The number of hydrogen-bond donors (Lipinski definition) is 2. The summed E-state index contributed by atoms with van der Waals surface area (Å²) in [5, 5.41) is 0.652. The van der Waals surface area contributed by atoms with Crippen molar-refractivity contribution in [1.29, 1.82) is 0 Å². The van der Waals surface area contributed by atoms with E-state index in [9.17, 15) is 0 Å². The Labute approximate surface area is 101 Å². The van der Waals surface area contributed by atoms with Crippen LogP contribution in [0, 0.1) is 0 Å². The van der Waals surface area contributed by atoms with Gasteiger partial charge >= 0.3 is 0 Å². The Bertz CT molecular complexity index is 298. The highest BCUT2D eigenvalue weighted by Crippen LogP contribution is 2.28. The van der Waals surface area contributed by atoms with Crippen molar-refractivity contribution in [3.8, 4) is 0 Å². The van der Waals surface area contributed by atoms with Crippen LogP contribution in [0.5, 0.6) is 0 Å². The van der Waals surface area contributed by atoms with E-state index in [2.05, 4.69) is 28.2 Å². The highest BCUT2D eigenvalue weighted by molar-refractivity contribution is 8.00. The van der Waals surface area contributed by atoms with Crippen LogP contribution in [-0.2, 0) is 6.42 Å². The van der Waals surface area contributed by atoms with Crippen molar-refractivity contribution in [3.63, 3.8) is 0 Å². The van der Waals surface area contributed by atoms with Crippen molar-refractivity contribution >= 4 is 11.8 Å². The number of thioether (sulfide) groups is 1. The van der Waals surface area contributed by atoms with Crippen LogP contribution in [0.1, 0.15) is 24.8 Å². The Morgan fingerprint density at radius 1 is 1.56 bits per heavy atom. The van der Waals surface area contributed by atoms with Gasteiger partial charge in [0, 0.05) is 23.7 Å². The maximum atomic E-state index is 5.67. The summed E-state index contributed by atoms with van der Waals surface area (Å²) in [6.45, 7) is 0. The second kappa shape index (κ2) is 6.23. The summed E-state index contributed by atoms with van der Waals surface area (Å²) >= 11 is 2.05. The first-order valence-electron chi connectivity index (χ1n) is 5.87. The minimum absolute atomic E-state index is 0.370. The van der Waals surface area contributed by atoms with Gasteiger partial charge in [-0.05, 0) is 36.6 Å². The minimum Gasteiger partial charge on any atom is -0.271 e. The summed E-state index contributed by atoms with van der Waals surface area (Å²) in [5.74, 6) is 6.94. The highest BCUT2D eigenvalue weighted by atomic mass is 32.2. The van der Waals surface area contributed by atoms with Crippen LogP contribution in [0.4, 0.5) is 0 Å². The number of hydrogen-bond acceptors (Lipinski definition) is 4. The number of nitrogens with one attached hydrogen (secondary N) is 1. The minimum atomic E-state index is 0.370. The van der Waals surface area contributed by atoms with Gasteiger partial charge in [-0.3, -0.25) is 16.3 Å². The topological polar surface area (TPSA) is 50.9 Å². The van der Waals surface area contributed by atoms with Crippen molar-refractivity contribution < 1.29 is 0 Å². The van der Waals surface area contributed by atoms with Gasteiger partial charge in [0.1, 0.15) is 0 Å². The van der Waals surface area contributed by atoms with E-state index in [0.717, 1.165) is 6.42 Å². The molecule has 0 aromatic carbocycles. The smallest absolute Gasteiger partial charge is 0.0370 e. The normalized spacial score (nSPS) is 22.9. The Hall–Kier alpha value is -0.580. The highest BCUT2D eigenvalue weighted by Gasteiger charge is 2.23. The lowest BCUT2D eigenvalue weighted by atomic mass is 10.0. The predicted molar refractivity (Wildman–Crippen MR) is 69.1 cm³/mol. The SMILES string of the molecule is NNC(Cc1cccnc1)C1CCCCS1. The third kappa shape index (κ3) is 3.20. The van der Waals surface area contributed by atoms with Gasteiger partial charge in [0.05, 0.1) is 0 Å². The van der Waals surface area contributed by atoms with E-state index in [4.69, 9.17) is 5.84 Å². The quantitative estimate of drug-likeness (QED) is 0.619. The molecule has 1 aliphatic heterocycles. The van der Waals surface area contributed by atoms with Crippen molar-refractivity contribution in [2.24, 2.45) is 5.84 Å². The number of pyridine rings is 1. The number of nitrogens with zero attached hydrogens (tertiary/aromatic N) is 1. The lowest BCUT2D eigenvalue weighted by Gasteiger charge is -2.29. The molecule has 2 unspecified atom stereocenters. The van der Waals surface area contributed by atoms with Crippen molar-refractivity contribution in [2.45, 2.75) is 37.0 Å². The molecule has 2 rings (SSSR count). The van der Waals surface area contributed by atoms with Crippen LogP contribution >= 0.6 is 11.8 Å². The van der Waals surface area contributed by atoms with Crippen LogP contribution in [0.15, 0.2) is 24.5 Å². The van der Waals surface area contributed by atoms with Crippen LogP contribution in [0.2, 0.25) is 0 Å². The molecule has 16 heavy (non-hydrogen) atoms. The predicted octanol–water partition coefficient (Wildman–Crippen LogP) is 1.74. The molecule has 3 nitrogen and oxygen atoms in total. The first-order chi connectivity index (χ1) is 7.90. The third-order valence-corrected chi connectivity index (χ3v) is 4.57.